The zero-order valence-electron chi connectivity index (χ0n) is 9.28. The normalized spacial score (nSPS) is 19.4. The van der Waals surface area contributed by atoms with Gasteiger partial charge in [0.2, 0.25) is 5.91 Å². The van der Waals surface area contributed by atoms with Crippen molar-refractivity contribution in [1.29, 1.82) is 0 Å². The molecule has 0 fully saturated rings. The van der Waals surface area contributed by atoms with Gasteiger partial charge in [-0.15, -0.1) is 0 Å². The quantitative estimate of drug-likeness (QED) is 0.675. The number of carbonyl (C=O) groups excluding carboxylic acids is 2. The summed E-state index contributed by atoms with van der Waals surface area (Å²) in [6.07, 6.45) is 2.22. The van der Waals surface area contributed by atoms with Gasteiger partial charge < -0.3 is 5.32 Å². The van der Waals surface area contributed by atoms with E-state index in [2.05, 4.69) is 15.8 Å². The molecule has 1 aliphatic heterocycles. The molecule has 0 aromatic carbocycles. The molecular formula is C9H15N3O3S. The monoisotopic (exact) mass is 245 g/mol. The fourth-order valence-electron chi connectivity index (χ4n) is 1.09. The van der Waals surface area contributed by atoms with Crippen LogP contribution in [0.3, 0.4) is 0 Å². The lowest BCUT2D eigenvalue weighted by molar-refractivity contribution is -0.121. The van der Waals surface area contributed by atoms with Crippen molar-refractivity contribution in [3.05, 3.63) is 0 Å². The summed E-state index contributed by atoms with van der Waals surface area (Å²) < 4.78 is 11.0. The van der Waals surface area contributed by atoms with E-state index >= 15 is 0 Å². The highest BCUT2D eigenvalue weighted by Gasteiger charge is 2.18. The van der Waals surface area contributed by atoms with Crippen LogP contribution in [0.4, 0.5) is 0 Å². The van der Waals surface area contributed by atoms with Crippen LogP contribution in [0.25, 0.3) is 0 Å². The van der Waals surface area contributed by atoms with Gasteiger partial charge in [-0.2, -0.15) is 5.10 Å². The Bertz CT molecular complexity index is 354. The smallest absolute Gasteiger partial charge is 0.267 e. The first kappa shape index (κ1) is 12.8. The third kappa shape index (κ3) is 3.73. The van der Waals surface area contributed by atoms with Gasteiger partial charge >= 0.3 is 0 Å². The second-order valence-electron chi connectivity index (χ2n) is 3.61. The van der Waals surface area contributed by atoms with E-state index in [1.807, 2.05) is 0 Å². The van der Waals surface area contributed by atoms with Crippen LogP contribution < -0.4 is 10.7 Å². The van der Waals surface area contributed by atoms with Gasteiger partial charge in [0.05, 0.1) is 0 Å². The molecule has 0 aromatic heterocycles. The molecule has 1 rings (SSSR count). The second kappa shape index (κ2) is 5.74. The number of hydrazone groups is 1. The molecule has 0 saturated heterocycles. The third-order valence-electron chi connectivity index (χ3n) is 2.28. The fourth-order valence-corrected chi connectivity index (χ4v) is 1.41. The summed E-state index contributed by atoms with van der Waals surface area (Å²) >= 11 is 0. The van der Waals surface area contributed by atoms with Gasteiger partial charge in [-0.3, -0.25) is 13.8 Å². The summed E-state index contributed by atoms with van der Waals surface area (Å²) in [4.78, 5) is 22.3. The lowest BCUT2D eigenvalue weighted by Crippen LogP contribution is -2.40. The largest absolute Gasteiger partial charge is 0.350 e. The minimum atomic E-state index is -0.962. The van der Waals surface area contributed by atoms with Crippen LogP contribution in [0, 0.1) is 0 Å². The van der Waals surface area contributed by atoms with E-state index in [1.165, 1.54) is 0 Å². The van der Waals surface area contributed by atoms with Crippen molar-refractivity contribution in [2.24, 2.45) is 5.10 Å². The van der Waals surface area contributed by atoms with Crippen molar-refractivity contribution >= 4 is 28.3 Å². The van der Waals surface area contributed by atoms with Gasteiger partial charge in [0.25, 0.3) is 5.91 Å². The number of carbonyl (C=O) groups is 2. The highest BCUT2D eigenvalue weighted by atomic mass is 32.2. The summed E-state index contributed by atoms with van der Waals surface area (Å²) in [6.45, 7) is 2.13. The molecule has 1 aliphatic rings. The molecule has 2 atom stereocenters. The van der Waals surface area contributed by atoms with Crippen LogP contribution in [0.2, 0.25) is 0 Å². The number of hydrogen-bond donors (Lipinski definition) is 2. The Morgan fingerprint density at radius 2 is 2.31 bits per heavy atom. The number of nitrogens with one attached hydrogen (secondary N) is 2. The lowest BCUT2D eigenvalue weighted by atomic mass is 10.1. The molecule has 0 saturated carbocycles. The van der Waals surface area contributed by atoms with Gasteiger partial charge in [-0.1, -0.05) is 0 Å². The van der Waals surface area contributed by atoms with Crippen molar-refractivity contribution in [2.75, 3.05) is 12.8 Å². The molecule has 2 amide bonds. The summed E-state index contributed by atoms with van der Waals surface area (Å²) in [5, 5.41) is 6.20. The minimum absolute atomic E-state index is 0.0947. The van der Waals surface area contributed by atoms with E-state index in [4.69, 9.17) is 0 Å². The Kier molecular flexibility index (Phi) is 4.60. The minimum Gasteiger partial charge on any atom is -0.350 e. The fraction of sp³-hybridized carbons (Fsp3) is 0.667. The molecular weight excluding hydrogens is 230 g/mol. The van der Waals surface area contributed by atoms with E-state index in [9.17, 15) is 13.8 Å². The zero-order chi connectivity index (χ0) is 12.1. The number of nitrogens with zero attached hydrogens (tertiary/aromatic N) is 1. The van der Waals surface area contributed by atoms with Crippen LogP contribution >= 0.6 is 0 Å². The van der Waals surface area contributed by atoms with Crippen LogP contribution in [-0.4, -0.2) is 39.8 Å². The van der Waals surface area contributed by atoms with Crippen LogP contribution in [0.15, 0.2) is 5.10 Å². The van der Waals surface area contributed by atoms with Gasteiger partial charge in [-0.25, -0.2) is 5.43 Å². The van der Waals surface area contributed by atoms with Crippen LogP contribution in [0.1, 0.15) is 19.8 Å². The van der Waals surface area contributed by atoms with E-state index in [1.54, 1.807) is 13.2 Å². The Hall–Kier alpha value is -1.24. The summed E-state index contributed by atoms with van der Waals surface area (Å²) in [5.74, 6) is -0.489. The highest BCUT2D eigenvalue weighted by molar-refractivity contribution is 7.84. The summed E-state index contributed by atoms with van der Waals surface area (Å²) in [6, 6.07) is 0. The SMILES string of the molecule is CC(CNC(=O)C1=NNC(=O)CC1)S(C)=O. The lowest BCUT2D eigenvalue weighted by Gasteiger charge is -2.13. The van der Waals surface area contributed by atoms with Crippen molar-refractivity contribution in [1.82, 2.24) is 10.7 Å². The Morgan fingerprint density at radius 3 is 2.81 bits per heavy atom. The van der Waals surface area contributed by atoms with E-state index < -0.39 is 10.8 Å². The van der Waals surface area contributed by atoms with Gasteiger partial charge in [-0.05, 0) is 6.92 Å². The Labute approximate surface area is 96.3 Å². The van der Waals surface area contributed by atoms with E-state index in [-0.39, 0.29) is 23.5 Å². The highest BCUT2D eigenvalue weighted by Crippen LogP contribution is 1.99. The molecule has 2 unspecified atom stereocenters. The number of hydrogen-bond acceptors (Lipinski definition) is 4. The van der Waals surface area contributed by atoms with Crippen LogP contribution in [0.5, 0.6) is 0 Å². The predicted molar refractivity (Wildman–Crippen MR) is 61.3 cm³/mol. The van der Waals surface area contributed by atoms with Crippen molar-refractivity contribution in [3.8, 4) is 0 Å². The predicted octanol–water partition coefficient (Wildman–Crippen LogP) is -0.864. The maximum Gasteiger partial charge on any atom is 0.267 e. The second-order valence-corrected chi connectivity index (χ2v) is 5.41. The third-order valence-corrected chi connectivity index (χ3v) is 3.58. The summed E-state index contributed by atoms with van der Waals surface area (Å²) in [7, 11) is -0.962. The van der Waals surface area contributed by atoms with Gasteiger partial charge in [0, 0.05) is 41.7 Å². The first-order chi connectivity index (χ1) is 7.50. The molecule has 0 radical (unpaired) electrons. The Balaban J connectivity index is 2.41. The molecule has 0 spiro atoms. The molecule has 16 heavy (non-hydrogen) atoms. The molecule has 0 aliphatic carbocycles. The first-order valence-corrected chi connectivity index (χ1v) is 6.58. The summed E-state index contributed by atoms with van der Waals surface area (Å²) in [5.41, 5.74) is 2.57. The van der Waals surface area contributed by atoms with E-state index in [0.717, 1.165) is 0 Å². The molecule has 6 nitrogen and oxygen atoms in total. The molecule has 7 heteroatoms. The molecule has 0 aromatic rings. The van der Waals surface area contributed by atoms with Gasteiger partial charge in [0.15, 0.2) is 0 Å². The van der Waals surface area contributed by atoms with Crippen molar-refractivity contribution in [3.63, 3.8) is 0 Å². The average Bonchev–Trinajstić information content (AvgIpc) is 2.26. The van der Waals surface area contributed by atoms with Gasteiger partial charge in [0.1, 0.15) is 5.71 Å². The molecule has 2 N–H and O–H groups in total. The zero-order valence-corrected chi connectivity index (χ0v) is 10.1. The van der Waals surface area contributed by atoms with Crippen LogP contribution in [-0.2, 0) is 20.4 Å². The van der Waals surface area contributed by atoms with Crippen molar-refractivity contribution in [2.45, 2.75) is 25.0 Å². The standard InChI is InChI=1S/C9H15N3O3S/c1-6(16(2)15)5-10-9(14)7-3-4-8(13)12-11-7/h6H,3-5H2,1-2H3,(H,10,14)(H,12,13). The number of amides is 2. The first-order valence-electron chi connectivity index (χ1n) is 4.96. The molecule has 90 valence electrons. The molecule has 1 heterocycles. The van der Waals surface area contributed by atoms with E-state index in [0.29, 0.717) is 18.7 Å². The van der Waals surface area contributed by atoms with Crippen molar-refractivity contribution < 1.29 is 13.8 Å². The molecule has 0 bridgehead atoms. The maximum absolute atomic E-state index is 11.5. The average molecular weight is 245 g/mol. The number of rotatable bonds is 4. The maximum atomic E-state index is 11.5. The topological polar surface area (TPSA) is 87.6 Å². The Morgan fingerprint density at radius 1 is 1.62 bits per heavy atom.